The number of amides is 1. The number of ketones is 1. The highest BCUT2D eigenvalue weighted by molar-refractivity contribution is 6.42. The van der Waals surface area contributed by atoms with Crippen LogP contribution in [0.1, 0.15) is 41.3 Å². The summed E-state index contributed by atoms with van der Waals surface area (Å²) in [6.45, 7) is 1.98. The lowest BCUT2D eigenvalue weighted by Crippen LogP contribution is -2.40. The van der Waals surface area contributed by atoms with E-state index in [4.69, 9.17) is 27.9 Å². The second-order valence-electron chi connectivity index (χ2n) is 6.62. The van der Waals surface area contributed by atoms with E-state index in [9.17, 15) is 14.4 Å². The molecule has 0 aromatic heterocycles. The zero-order valence-corrected chi connectivity index (χ0v) is 16.8. The van der Waals surface area contributed by atoms with Crippen LogP contribution in [-0.4, -0.2) is 28.9 Å². The molecule has 1 amide bonds. The van der Waals surface area contributed by atoms with E-state index in [0.29, 0.717) is 27.8 Å². The molecule has 0 saturated heterocycles. The highest BCUT2D eigenvalue weighted by atomic mass is 35.5. The molecular formula is C21H19Cl2NO4. The monoisotopic (exact) mass is 419 g/mol. The van der Waals surface area contributed by atoms with Crippen molar-refractivity contribution in [3.63, 3.8) is 0 Å². The minimum atomic E-state index is -0.618. The average molecular weight is 420 g/mol. The van der Waals surface area contributed by atoms with Gasteiger partial charge in [-0.2, -0.15) is 0 Å². The molecular weight excluding hydrogens is 401 g/mol. The van der Waals surface area contributed by atoms with Gasteiger partial charge < -0.3 is 14.4 Å². The molecule has 3 rings (SSSR count). The first-order valence-corrected chi connectivity index (χ1v) is 9.61. The van der Waals surface area contributed by atoms with E-state index in [0.717, 1.165) is 17.4 Å². The summed E-state index contributed by atoms with van der Waals surface area (Å²) in [4.78, 5) is 37.1. The molecule has 1 aliphatic heterocycles. The van der Waals surface area contributed by atoms with E-state index in [1.54, 1.807) is 30.3 Å². The van der Waals surface area contributed by atoms with Gasteiger partial charge in [-0.1, -0.05) is 35.3 Å². The van der Waals surface area contributed by atoms with Crippen molar-refractivity contribution < 1.29 is 19.1 Å². The first-order valence-electron chi connectivity index (χ1n) is 8.86. The van der Waals surface area contributed by atoms with Crippen LogP contribution < -0.4 is 4.74 Å². The van der Waals surface area contributed by atoms with E-state index in [1.165, 1.54) is 11.8 Å². The molecule has 0 N–H and O–H groups in total. The molecule has 0 spiro atoms. The Kier molecular flexibility index (Phi) is 6.37. The zero-order valence-electron chi connectivity index (χ0n) is 15.3. The Hall–Kier alpha value is -2.37. The molecule has 5 nitrogen and oxygen atoms in total. The standard InChI is InChI=1S/C21H19Cl2NO4/c1-13(26)19(5-3-9-25)24-11-16-15(21(24)27)4-2-6-20(16)28-12-14-7-8-17(22)18(23)10-14/h2,4,6-10,19H,3,5,11-12H2,1H3. The summed E-state index contributed by atoms with van der Waals surface area (Å²) in [6, 6.07) is 9.90. The number of carbonyl (C=O) groups excluding carboxylic acids is 3. The second kappa shape index (κ2) is 8.76. The molecule has 0 fully saturated rings. The van der Waals surface area contributed by atoms with Gasteiger partial charge in [-0.05, 0) is 43.2 Å². The third-order valence-electron chi connectivity index (χ3n) is 4.73. The fourth-order valence-electron chi connectivity index (χ4n) is 3.31. The van der Waals surface area contributed by atoms with Gasteiger partial charge in [0.1, 0.15) is 18.6 Å². The average Bonchev–Trinajstić information content (AvgIpc) is 3.00. The topological polar surface area (TPSA) is 63.7 Å². The van der Waals surface area contributed by atoms with Crippen molar-refractivity contribution in [2.75, 3.05) is 0 Å². The Morgan fingerprint density at radius 3 is 2.71 bits per heavy atom. The van der Waals surface area contributed by atoms with Crippen LogP contribution in [0.4, 0.5) is 0 Å². The van der Waals surface area contributed by atoms with Crippen LogP contribution in [0.5, 0.6) is 5.75 Å². The molecule has 0 radical (unpaired) electrons. The third-order valence-corrected chi connectivity index (χ3v) is 5.47. The fraction of sp³-hybridized carbons (Fsp3) is 0.286. The molecule has 0 bridgehead atoms. The van der Waals surface area contributed by atoms with Crippen LogP contribution >= 0.6 is 23.2 Å². The quantitative estimate of drug-likeness (QED) is 0.592. The summed E-state index contributed by atoms with van der Waals surface area (Å²) in [5, 5.41) is 0.916. The zero-order chi connectivity index (χ0) is 20.3. The number of carbonyl (C=O) groups is 3. The van der Waals surface area contributed by atoms with Gasteiger partial charge >= 0.3 is 0 Å². The maximum absolute atomic E-state index is 12.8. The number of benzene rings is 2. The molecule has 7 heteroatoms. The van der Waals surface area contributed by atoms with Crippen molar-refractivity contribution in [2.45, 2.75) is 39.0 Å². The fourth-order valence-corrected chi connectivity index (χ4v) is 3.63. The van der Waals surface area contributed by atoms with Crippen LogP contribution in [0.2, 0.25) is 10.0 Å². The van der Waals surface area contributed by atoms with Crippen LogP contribution in [0.15, 0.2) is 36.4 Å². The Morgan fingerprint density at radius 2 is 2.04 bits per heavy atom. The molecule has 28 heavy (non-hydrogen) atoms. The SMILES string of the molecule is CC(=O)C(CCC=O)N1Cc2c(OCc3ccc(Cl)c(Cl)c3)cccc2C1=O. The molecule has 0 aliphatic carbocycles. The van der Waals surface area contributed by atoms with E-state index in [1.807, 2.05) is 6.07 Å². The minimum Gasteiger partial charge on any atom is -0.489 e. The first-order chi connectivity index (χ1) is 13.4. The van der Waals surface area contributed by atoms with Crippen molar-refractivity contribution in [3.8, 4) is 5.75 Å². The van der Waals surface area contributed by atoms with E-state index in [-0.39, 0.29) is 31.3 Å². The molecule has 2 aromatic rings. The Balaban J connectivity index is 1.80. The summed E-state index contributed by atoms with van der Waals surface area (Å²) in [5.41, 5.74) is 2.11. The summed E-state index contributed by atoms with van der Waals surface area (Å²) in [6.07, 6.45) is 1.30. The number of hydrogen-bond acceptors (Lipinski definition) is 4. The first kappa shape index (κ1) is 20.4. The highest BCUT2D eigenvalue weighted by Gasteiger charge is 2.36. The van der Waals surface area contributed by atoms with Crippen LogP contribution in [0.3, 0.4) is 0 Å². The Labute approximate surface area is 173 Å². The summed E-state index contributed by atoms with van der Waals surface area (Å²) < 4.78 is 5.93. The van der Waals surface area contributed by atoms with Crippen molar-refractivity contribution >= 4 is 41.2 Å². The normalized spacial score (nSPS) is 14.0. The number of nitrogens with zero attached hydrogens (tertiary/aromatic N) is 1. The van der Waals surface area contributed by atoms with E-state index < -0.39 is 6.04 Å². The maximum atomic E-state index is 12.8. The van der Waals surface area contributed by atoms with Crippen LogP contribution in [0, 0.1) is 0 Å². The van der Waals surface area contributed by atoms with Crippen molar-refractivity contribution in [2.24, 2.45) is 0 Å². The van der Waals surface area contributed by atoms with Crippen LogP contribution in [-0.2, 0) is 22.7 Å². The van der Waals surface area contributed by atoms with Gasteiger partial charge in [0.25, 0.3) is 5.91 Å². The summed E-state index contributed by atoms with van der Waals surface area (Å²) in [5.74, 6) is 0.222. The molecule has 1 unspecified atom stereocenters. The summed E-state index contributed by atoms with van der Waals surface area (Å²) in [7, 11) is 0. The van der Waals surface area contributed by atoms with Crippen molar-refractivity contribution in [1.29, 1.82) is 0 Å². The maximum Gasteiger partial charge on any atom is 0.255 e. The largest absolute Gasteiger partial charge is 0.489 e. The number of aldehydes is 1. The Morgan fingerprint density at radius 1 is 1.25 bits per heavy atom. The lowest BCUT2D eigenvalue weighted by molar-refractivity contribution is -0.121. The number of halogens is 2. The number of fused-ring (bicyclic) bond motifs is 1. The molecule has 146 valence electrons. The molecule has 1 heterocycles. The number of Topliss-reactive ketones (excluding diaryl/α,β-unsaturated/α-hetero) is 1. The van der Waals surface area contributed by atoms with Gasteiger partial charge in [0.05, 0.1) is 22.6 Å². The lowest BCUT2D eigenvalue weighted by atomic mass is 10.1. The van der Waals surface area contributed by atoms with E-state index in [2.05, 4.69) is 0 Å². The van der Waals surface area contributed by atoms with E-state index >= 15 is 0 Å². The molecule has 0 saturated carbocycles. The second-order valence-corrected chi connectivity index (χ2v) is 7.44. The molecule has 2 aromatic carbocycles. The van der Waals surface area contributed by atoms with Crippen molar-refractivity contribution in [1.82, 2.24) is 4.90 Å². The van der Waals surface area contributed by atoms with Gasteiger partial charge in [0, 0.05) is 17.5 Å². The van der Waals surface area contributed by atoms with Gasteiger partial charge in [0.15, 0.2) is 5.78 Å². The predicted octanol–water partition coefficient (Wildman–Crippen LogP) is 4.46. The van der Waals surface area contributed by atoms with Gasteiger partial charge in [-0.25, -0.2) is 0 Å². The number of ether oxygens (including phenoxy) is 1. The molecule has 1 atom stereocenters. The van der Waals surface area contributed by atoms with Gasteiger partial charge in [-0.3, -0.25) is 9.59 Å². The van der Waals surface area contributed by atoms with Gasteiger partial charge in [-0.15, -0.1) is 0 Å². The summed E-state index contributed by atoms with van der Waals surface area (Å²) >= 11 is 12.0. The predicted molar refractivity (Wildman–Crippen MR) is 107 cm³/mol. The third kappa shape index (κ3) is 4.21. The Bertz CT molecular complexity index is 929. The number of hydrogen-bond donors (Lipinski definition) is 0. The number of rotatable bonds is 8. The van der Waals surface area contributed by atoms with Gasteiger partial charge in [0.2, 0.25) is 0 Å². The molecule has 1 aliphatic rings. The smallest absolute Gasteiger partial charge is 0.255 e. The minimum absolute atomic E-state index is 0.138. The van der Waals surface area contributed by atoms with Crippen molar-refractivity contribution in [3.05, 3.63) is 63.1 Å². The van der Waals surface area contributed by atoms with Crippen LogP contribution in [0.25, 0.3) is 0 Å². The highest BCUT2D eigenvalue weighted by Crippen LogP contribution is 2.33. The lowest BCUT2D eigenvalue weighted by Gasteiger charge is -2.25.